The molecule has 3 aromatic heterocycles. The predicted octanol–water partition coefficient (Wildman–Crippen LogP) is 2.87. The number of aromatic nitrogens is 6. The Hall–Kier alpha value is -1.62. The first kappa shape index (κ1) is 18.2. The highest BCUT2D eigenvalue weighted by molar-refractivity contribution is 7.99. The Kier molecular flexibility index (Phi) is 4.74. The number of hydrogen-bond donors (Lipinski definition) is 0. The van der Waals surface area contributed by atoms with E-state index in [0.29, 0.717) is 6.04 Å². The zero-order chi connectivity index (χ0) is 19.2. The van der Waals surface area contributed by atoms with Crippen molar-refractivity contribution in [2.45, 2.75) is 61.3 Å². The summed E-state index contributed by atoms with van der Waals surface area (Å²) in [4.78, 5) is 15.0. The molecule has 0 unspecified atom stereocenters. The summed E-state index contributed by atoms with van der Waals surface area (Å²) in [7, 11) is 0. The highest BCUT2D eigenvalue weighted by Gasteiger charge is 2.29. The number of thiophene rings is 1. The molecule has 2 fully saturated rings. The van der Waals surface area contributed by atoms with Crippen molar-refractivity contribution < 1.29 is 4.74 Å². The van der Waals surface area contributed by atoms with Crippen LogP contribution in [0.3, 0.4) is 0 Å². The fourth-order valence-corrected chi connectivity index (χ4v) is 6.50. The summed E-state index contributed by atoms with van der Waals surface area (Å²) >= 11 is 3.47. The molecule has 29 heavy (non-hydrogen) atoms. The van der Waals surface area contributed by atoms with Crippen molar-refractivity contribution in [1.82, 2.24) is 35.1 Å². The number of fused-ring (bicyclic) bond motifs is 3. The largest absolute Gasteiger partial charge is 0.379 e. The van der Waals surface area contributed by atoms with E-state index in [2.05, 4.69) is 20.4 Å². The minimum absolute atomic E-state index is 0.453. The van der Waals surface area contributed by atoms with Gasteiger partial charge < -0.3 is 4.74 Å². The molecular formula is C19H23N7OS2. The number of aryl methyl sites for hydroxylation is 2. The summed E-state index contributed by atoms with van der Waals surface area (Å²) in [6.45, 7) is 4.21. The van der Waals surface area contributed by atoms with Crippen molar-refractivity contribution in [2.75, 3.05) is 26.3 Å². The van der Waals surface area contributed by atoms with Crippen LogP contribution in [0, 0.1) is 0 Å². The van der Waals surface area contributed by atoms with E-state index in [1.807, 2.05) is 16.0 Å². The van der Waals surface area contributed by atoms with Crippen molar-refractivity contribution in [1.29, 1.82) is 0 Å². The lowest BCUT2D eigenvalue weighted by Gasteiger charge is -2.25. The van der Waals surface area contributed by atoms with Gasteiger partial charge in [0.2, 0.25) is 5.16 Å². The SMILES string of the molecule is C1CCc2c(sc3nc(CN4CCOCC4)nc(Sc4nnnn4C4CC4)c23)C1. The van der Waals surface area contributed by atoms with Crippen LogP contribution in [0.5, 0.6) is 0 Å². The second kappa shape index (κ2) is 7.57. The Labute approximate surface area is 177 Å². The van der Waals surface area contributed by atoms with Crippen LogP contribution in [0.15, 0.2) is 10.2 Å². The Morgan fingerprint density at radius 3 is 2.83 bits per heavy atom. The lowest BCUT2D eigenvalue weighted by molar-refractivity contribution is 0.0330. The molecule has 0 N–H and O–H groups in total. The van der Waals surface area contributed by atoms with Crippen LogP contribution < -0.4 is 0 Å². The van der Waals surface area contributed by atoms with E-state index in [1.54, 1.807) is 11.8 Å². The molecular weight excluding hydrogens is 406 g/mol. The van der Waals surface area contributed by atoms with Crippen LogP contribution in [0.25, 0.3) is 10.2 Å². The molecule has 152 valence electrons. The summed E-state index contributed by atoms with van der Waals surface area (Å²) in [6.07, 6.45) is 7.14. The molecule has 0 amide bonds. The van der Waals surface area contributed by atoms with Gasteiger partial charge in [0.15, 0.2) is 0 Å². The fraction of sp³-hybridized carbons (Fsp3) is 0.632. The minimum atomic E-state index is 0.453. The number of tetrazole rings is 1. The van der Waals surface area contributed by atoms with Gasteiger partial charge in [0.25, 0.3) is 0 Å². The van der Waals surface area contributed by atoms with E-state index in [0.717, 1.165) is 72.9 Å². The van der Waals surface area contributed by atoms with Gasteiger partial charge in [-0.15, -0.1) is 16.4 Å². The number of rotatable bonds is 5. The van der Waals surface area contributed by atoms with Crippen molar-refractivity contribution in [3.8, 4) is 0 Å². The Balaban J connectivity index is 1.41. The van der Waals surface area contributed by atoms with Crippen LogP contribution in [-0.4, -0.2) is 61.4 Å². The molecule has 3 aliphatic rings. The third kappa shape index (κ3) is 3.56. The maximum Gasteiger partial charge on any atom is 0.215 e. The third-order valence-electron chi connectivity index (χ3n) is 5.84. The standard InChI is InChI=1S/C19H23N7OS2/c1-2-4-14-13(3-1)16-17(28-14)20-15(11-25-7-9-27-10-8-25)21-18(16)29-19-22-23-24-26(19)12-5-6-12/h12H,1-11H2. The smallest absolute Gasteiger partial charge is 0.215 e. The first-order valence-corrected chi connectivity index (χ1v) is 12.1. The molecule has 2 aliphatic carbocycles. The zero-order valence-corrected chi connectivity index (χ0v) is 17.8. The van der Waals surface area contributed by atoms with E-state index < -0.39 is 0 Å². The van der Waals surface area contributed by atoms with Gasteiger partial charge in [-0.25, -0.2) is 14.6 Å². The Bertz CT molecular complexity index is 1040. The van der Waals surface area contributed by atoms with Crippen molar-refractivity contribution in [3.63, 3.8) is 0 Å². The molecule has 1 aliphatic heterocycles. The molecule has 0 aromatic carbocycles. The first-order valence-electron chi connectivity index (χ1n) is 10.4. The zero-order valence-electron chi connectivity index (χ0n) is 16.2. The number of morpholine rings is 1. The monoisotopic (exact) mass is 429 g/mol. The van der Waals surface area contributed by atoms with E-state index in [9.17, 15) is 0 Å². The van der Waals surface area contributed by atoms with Crippen molar-refractivity contribution in [2.24, 2.45) is 0 Å². The fourth-order valence-electron chi connectivity index (χ4n) is 4.16. The van der Waals surface area contributed by atoms with Gasteiger partial charge in [0.05, 0.1) is 25.8 Å². The summed E-state index contributed by atoms with van der Waals surface area (Å²) in [6, 6.07) is 0.453. The molecule has 8 nitrogen and oxygen atoms in total. The van der Waals surface area contributed by atoms with Gasteiger partial charge in [-0.3, -0.25) is 4.90 Å². The average molecular weight is 430 g/mol. The number of nitrogens with zero attached hydrogens (tertiary/aromatic N) is 7. The van der Waals surface area contributed by atoms with Gasteiger partial charge in [-0.1, -0.05) is 0 Å². The highest BCUT2D eigenvalue weighted by atomic mass is 32.2. The van der Waals surface area contributed by atoms with Crippen molar-refractivity contribution in [3.05, 3.63) is 16.3 Å². The van der Waals surface area contributed by atoms with Gasteiger partial charge in [-0.2, -0.15) is 0 Å². The van der Waals surface area contributed by atoms with Crippen LogP contribution in [-0.2, 0) is 24.1 Å². The maximum atomic E-state index is 5.49. The van der Waals surface area contributed by atoms with Gasteiger partial charge in [0, 0.05) is 23.4 Å². The van der Waals surface area contributed by atoms with E-state index in [-0.39, 0.29) is 0 Å². The molecule has 3 aromatic rings. The average Bonchev–Trinajstić information content (AvgIpc) is 3.36. The topological polar surface area (TPSA) is 81.8 Å². The second-order valence-corrected chi connectivity index (χ2v) is 10.0. The summed E-state index contributed by atoms with van der Waals surface area (Å²) in [5.74, 6) is 0.894. The predicted molar refractivity (Wildman–Crippen MR) is 110 cm³/mol. The van der Waals surface area contributed by atoms with Crippen LogP contribution in [0.4, 0.5) is 0 Å². The van der Waals surface area contributed by atoms with Crippen LogP contribution >= 0.6 is 23.1 Å². The van der Waals surface area contributed by atoms with Crippen LogP contribution in [0.1, 0.15) is 48.0 Å². The molecule has 1 saturated heterocycles. The molecule has 4 heterocycles. The van der Waals surface area contributed by atoms with E-state index >= 15 is 0 Å². The van der Waals surface area contributed by atoms with Gasteiger partial charge in [0.1, 0.15) is 15.7 Å². The lowest BCUT2D eigenvalue weighted by atomic mass is 9.97. The van der Waals surface area contributed by atoms with Crippen molar-refractivity contribution >= 4 is 33.3 Å². The molecule has 6 rings (SSSR count). The molecule has 0 radical (unpaired) electrons. The Morgan fingerprint density at radius 1 is 1.10 bits per heavy atom. The lowest BCUT2D eigenvalue weighted by Crippen LogP contribution is -2.36. The number of hydrogen-bond acceptors (Lipinski definition) is 9. The normalized spacial score (nSPS) is 20.3. The molecule has 1 saturated carbocycles. The highest BCUT2D eigenvalue weighted by Crippen LogP contribution is 2.43. The maximum absolute atomic E-state index is 5.49. The summed E-state index contributed by atoms with van der Waals surface area (Å²) < 4.78 is 7.46. The quantitative estimate of drug-likeness (QED) is 0.573. The molecule has 10 heteroatoms. The van der Waals surface area contributed by atoms with E-state index in [1.165, 1.54) is 35.1 Å². The minimum Gasteiger partial charge on any atom is -0.379 e. The molecule has 0 atom stereocenters. The molecule has 0 bridgehead atoms. The third-order valence-corrected chi connectivity index (χ3v) is 7.97. The Morgan fingerprint density at radius 2 is 1.97 bits per heavy atom. The summed E-state index contributed by atoms with van der Waals surface area (Å²) in [5.41, 5.74) is 1.46. The molecule has 0 spiro atoms. The van der Waals surface area contributed by atoms with Gasteiger partial charge in [-0.05, 0) is 66.3 Å². The first-order chi connectivity index (χ1) is 14.3. The summed E-state index contributed by atoms with van der Waals surface area (Å²) in [5, 5.41) is 15.6. The second-order valence-electron chi connectivity index (χ2n) is 7.96. The van der Waals surface area contributed by atoms with E-state index in [4.69, 9.17) is 14.7 Å². The van der Waals surface area contributed by atoms with Gasteiger partial charge >= 0.3 is 0 Å². The number of ether oxygens (including phenoxy) is 1. The van der Waals surface area contributed by atoms with Crippen LogP contribution in [0.2, 0.25) is 0 Å².